The molecule has 0 saturated heterocycles. The Morgan fingerprint density at radius 2 is 2.06 bits per heavy atom. The van der Waals surface area contributed by atoms with Gasteiger partial charge >= 0.3 is 5.97 Å². The van der Waals surface area contributed by atoms with Crippen LogP contribution < -0.4 is 5.32 Å². The highest BCUT2D eigenvalue weighted by Crippen LogP contribution is 2.30. The molecule has 96 valence electrons. The van der Waals surface area contributed by atoms with Crippen molar-refractivity contribution in [1.29, 1.82) is 0 Å². The first-order valence-corrected chi connectivity index (χ1v) is 5.82. The highest BCUT2D eigenvalue weighted by atomic mass is 16.5. The molecule has 0 aliphatic rings. The molecule has 4 heteroatoms. The second-order valence-corrected chi connectivity index (χ2v) is 4.51. The van der Waals surface area contributed by atoms with Gasteiger partial charge in [-0.15, -0.1) is 0 Å². The normalized spacial score (nSPS) is 14.7. The van der Waals surface area contributed by atoms with Crippen LogP contribution in [-0.4, -0.2) is 20.1 Å². The average molecular weight is 239 g/mol. The van der Waals surface area contributed by atoms with Crippen LogP contribution in [-0.2, 0) is 9.53 Å². The van der Waals surface area contributed by atoms with Gasteiger partial charge in [0, 0.05) is 0 Å². The maximum absolute atomic E-state index is 11.8. The van der Waals surface area contributed by atoms with Crippen LogP contribution in [0.4, 0.5) is 0 Å². The smallest absolute Gasteiger partial charge is 0.310 e. The molecule has 17 heavy (non-hydrogen) atoms. The van der Waals surface area contributed by atoms with Crippen molar-refractivity contribution in [1.82, 2.24) is 5.32 Å². The number of rotatable bonds is 5. The lowest BCUT2D eigenvalue weighted by Crippen LogP contribution is -2.35. The lowest BCUT2D eigenvalue weighted by Gasteiger charge is -2.26. The Kier molecular flexibility index (Phi) is 4.75. The number of esters is 1. The molecule has 0 aromatic carbocycles. The summed E-state index contributed by atoms with van der Waals surface area (Å²) in [6.45, 7) is 5.89. The van der Waals surface area contributed by atoms with Crippen molar-refractivity contribution >= 4 is 5.97 Å². The third-order valence-corrected chi connectivity index (χ3v) is 2.93. The van der Waals surface area contributed by atoms with Crippen LogP contribution in [0.3, 0.4) is 0 Å². The van der Waals surface area contributed by atoms with Gasteiger partial charge in [-0.1, -0.05) is 13.8 Å². The Balaban J connectivity index is 3.01. The minimum atomic E-state index is -0.254. The summed E-state index contributed by atoms with van der Waals surface area (Å²) < 4.78 is 10.5. The molecule has 0 aliphatic heterocycles. The van der Waals surface area contributed by atoms with E-state index in [1.807, 2.05) is 40.0 Å². The van der Waals surface area contributed by atoms with E-state index in [2.05, 4.69) is 5.32 Å². The average Bonchev–Trinajstić information content (AvgIpc) is 2.70. The zero-order chi connectivity index (χ0) is 13.0. The summed E-state index contributed by atoms with van der Waals surface area (Å²) >= 11 is 0. The van der Waals surface area contributed by atoms with Gasteiger partial charge in [-0.2, -0.15) is 0 Å². The minimum Gasteiger partial charge on any atom is -0.469 e. The number of hydrogen-bond donors (Lipinski definition) is 1. The van der Waals surface area contributed by atoms with Crippen molar-refractivity contribution in [3.8, 4) is 0 Å². The van der Waals surface area contributed by atoms with Crippen LogP contribution in [0.1, 0.15) is 31.4 Å². The number of hydrogen-bond acceptors (Lipinski definition) is 4. The molecule has 4 nitrogen and oxygen atoms in total. The molecule has 0 radical (unpaired) electrons. The van der Waals surface area contributed by atoms with Gasteiger partial charge in [-0.3, -0.25) is 4.79 Å². The topological polar surface area (TPSA) is 51.5 Å². The number of nitrogens with one attached hydrogen (secondary N) is 1. The van der Waals surface area contributed by atoms with Crippen LogP contribution >= 0.6 is 0 Å². The molecule has 1 aromatic heterocycles. The Hall–Kier alpha value is -1.29. The summed E-state index contributed by atoms with van der Waals surface area (Å²) in [5.41, 5.74) is 0. The molecule has 0 spiro atoms. The standard InChI is InChI=1S/C13H21NO3/c1-8(2)11(13(15)16-5)12(14-4)10-7-6-9(3)17-10/h6-8,11-12,14H,1-5H3. The molecule has 0 bridgehead atoms. The van der Waals surface area contributed by atoms with Gasteiger partial charge in [-0.25, -0.2) is 0 Å². The zero-order valence-corrected chi connectivity index (χ0v) is 11.1. The molecule has 0 amide bonds. The van der Waals surface area contributed by atoms with E-state index in [4.69, 9.17) is 9.15 Å². The second-order valence-electron chi connectivity index (χ2n) is 4.51. The lowest BCUT2D eigenvalue weighted by molar-refractivity contribution is -0.148. The number of methoxy groups -OCH3 is 1. The molecular formula is C13H21NO3. The summed E-state index contributed by atoms with van der Waals surface area (Å²) in [6, 6.07) is 3.64. The fraction of sp³-hybridized carbons (Fsp3) is 0.615. The molecule has 1 rings (SSSR count). The minimum absolute atomic E-state index is 0.156. The van der Waals surface area contributed by atoms with Crippen LogP contribution in [0.5, 0.6) is 0 Å². The van der Waals surface area contributed by atoms with Gasteiger partial charge in [0.15, 0.2) is 0 Å². The van der Waals surface area contributed by atoms with Crippen LogP contribution in [0.15, 0.2) is 16.5 Å². The molecule has 0 aliphatic carbocycles. The van der Waals surface area contributed by atoms with E-state index in [1.54, 1.807) is 0 Å². The molecule has 1 aromatic rings. The Morgan fingerprint density at radius 1 is 1.41 bits per heavy atom. The van der Waals surface area contributed by atoms with Crippen molar-refractivity contribution in [2.24, 2.45) is 11.8 Å². The zero-order valence-electron chi connectivity index (χ0n) is 11.1. The van der Waals surface area contributed by atoms with Crippen molar-refractivity contribution in [3.63, 3.8) is 0 Å². The molecule has 0 fully saturated rings. The first-order chi connectivity index (χ1) is 8.01. The van der Waals surface area contributed by atoms with Gasteiger partial charge < -0.3 is 14.5 Å². The largest absolute Gasteiger partial charge is 0.469 e. The van der Waals surface area contributed by atoms with Gasteiger partial charge in [0.2, 0.25) is 0 Å². The van der Waals surface area contributed by atoms with Crippen LogP contribution in [0, 0.1) is 18.8 Å². The fourth-order valence-corrected chi connectivity index (χ4v) is 2.05. The summed E-state index contributed by atoms with van der Waals surface area (Å²) in [7, 11) is 3.23. The van der Waals surface area contributed by atoms with E-state index in [0.717, 1.165) is 11.5 Å². The number of carbonyl (C=O) groups excluding carboxylic acids is 1. The molecule has 0 saturated carbocycles. The summed E-state index contributed by atoms with van der Waals surface area (Å²) in [5.74, 6) is 1.32. The molecule has 2 unspecified atom stereocenters. The number of furan rings is 1. The van der Waals surface area contributed by atoms with Crippen molar-refractivity contribution in [3.05, 3.63) is 23.7 Å². The number of ether oxygens (including phenoxy) is 1. The third-order valence-electron chi connectivity index (χ3n) is 2.93. The van der Waals surface area contributed by atoms with Crippen molar-refractivity contribution < 1.29 is 13.9 Å². The highest BCUT2D eigenvalue weighted by Gasteiger charge is 2.33. The number of aryl methyl sites for hydroxylation is 1. The maximum Gasteiger partial charge on any atom is 0.310 e. The van der Waals surface area contributed by atoms with E-state index in [0.29, 0.717) is 0 Å². The van der Waals surface area contributed by atoms with Gasteiger partial charge in [-0.05, 0) is 32.0 Å². The maximum atomic E-state index is 11.8. The van der Waals surface area contributed by atoms with E-state index in [9.17, 15) is 4.79 Å². The monoisotopic (exact) mass is 239 g/mol. The highest BCUT2D eigenvalue weighted by molar-refractivity contribution is 5.73. The lowest BCUT2D eigenvalue weighted by atomic mass is 9.87. The second kappa shape index (κ2) is 5.87. The quantitative estimate of drug-likeness (QED) is 0.801. The Bertz CT molecular complexity index is 370. The van der Waals surface area contributed by atoms with Crippen molar-refractivity contribution in [2.45, 2.75) is 26.8 Å². The van der Waals surface area contributed by atoms with Crippen molar-refractivity contribution in [2.75, 3.05) is 14.2 Å². The number of carbonyl (C=O) groups is 1. The molecular weight excluding hydrogens is 218 g/mol. The summed E-state index contributed by atoms with van der Waals surface area (Å²) in [4.78, 5) is 11.8. The SMILES string of the molecule is CNC(c1ccc(C)o1)C(C(=O)OC)C(C)C. The predicted octanol–water partition coefficient (Wildman–Crippen LogP) is 2.29. The van der Waals surface area contributed by atoms with Crippen LogP contribution in [0.25, 0.3) is 0 Å². The van der Waals surface area contributed by atoms with Gasteiger partial charge in [0.1, 0.15) is 11.5 Å². The van der Waals surface area contributed by atoms with Gasteiger partial charge in [0.25, 0.3) is 0 Å². The van der Waals surface area contributed by atoms with E-state index < -0.39 is 0 Å². The summed E-state index contributed by atoms with van der Waals surface area (Å²) in [5, 5.41) is 3.13. The predicted molar refractivity (Wildman–Crippen MR) is 65.6 cm³/mol. The molecule has 1 heterocycles. The van der Waals surface area contributed by atoms with Gasteiger partial charge in [0.05, 0.1) is 19.1 Å². The first-order valence-electron chi connectivity index (χ1n) is 5.82. The van der Waals surface area contributed by atoms with E-state index in [-0.39, 0.29) is 23.8 Å². The van der Waals surface area contributed by atoms with Crippen LogP contribution in [0.2, 0.25) is 0 Å². The third kappa shape index (κ3) is 3.09. The van der Waals surface area contributed by atoms with E-state index >= 15 is 0 Å². The molecule has 1 N–H and O–H groups in total. The van der Waals surface area contributed by atoms with E-state index in [1.165, 1.54) is 7.11 Å². The summed E-state index contributed by atoms with van der Waals surface area (Å²) in [6.07, 6.45) is 0. The Morgan fingerprint density at radius 3 is 2.41 bits per heavy atom. The fourth-order valence-electron chi connectivity index (χ4n) is 2.05. The Labute approximate surface area is 102 Å². The molecule has 2 atom stereocenters. The first kappa shape index (κ1) is 13.8.